The Kier molecular flexibility index (Phi) is 5.27. The Balaban J connectivity index is 3.08. The first-order chi connectivity index (χ1) is 9.26. The molecule has 0 fully saturated rings. The fourth-order valence-electron chi connectivity index (χ4n) is 1.46. The van der Waals surface area contributed by atoms with Crippen molar-refractivity contribution in [1.82, 2.24) is 0 Å². The van der Waals surface area contributed by atoms with Crippen molar-refractivity contribution in [3.05, 3.63) is 23.3 Å². The molecule has 1 aromatic carbocycles. The van der Waals surface area contributed by atoms with Gasteiger partial charge in [-0.05, 0) is 36.4 Å². The van der Waals surface area contributed by atoms with Gasteiger partial charge in [-0.25, -0.2) is 0 Å². The van der Waals surface area contributed by atoms with Crippen LogP contribution in [-0.4, -0.2) is 23.2 Å². The van der Waals surface area contributed by atoms with Gasteiger partial charge in [0.15, 0.2) is 0 Å². The van der Waals surface area contributed by atoms with Crippen LogP contribution in [0.3, 0.4) is 0 Å². The molecule has 0 spiro atoms. The SMILES string of the molecule is CCOC(=O)Cc1cc(O)c(SC(F)(F)F)c(C#N)c1. The number of alkyl halides is 3. The molecule has 0 saturated carbocycles. The third kappa shape index (κ3) is 4.66. The van der Waals surface area contributed by atoms with Gasteiger partial charge in [0, 0.05) is 0 Å². The fraction of sp³-hybridized carbons (Fsp3) is 0.333. The molecule has 0 aliphatic rings. The van der Waals surface area contributed by atoms with Crippen LogP contribution in [0.2, 0.25) is 0 Å². The van der Waals surface area contributed by atoms with Gasteiger partial charge in [-0.2, -0.15) is 18.4 Å². The van der Waals surface area contributed by atoms with Crippen molar-refractivity contribution in [2.75, 3.05) is 6.61 Å². The predicted octanol–water partition coefficient (Wildman–Crippen LogP) is 2.98. The van der Waals surface area contributed by atoms with Crippen LogP contribution in [-0.2, 0) is 16.0 Å². The van der Waals surface area contributed by atoms with Gasteiger partial charge in [0.05, 0.1) is 23.5 Å². The van der Waals surface area contributed by atoms with E-state index in [0.717, 1.165) is 12.1 Å². The number of phenolic OH excluding ortho intramolecular Hbond substituents is 1. The van der Waals surface area contributed by atoms with Crippen molar-refractivity contribution < 1.29 is 27.8 Å². The third-order valence-electron chi connectivity index (χ3n) is 2.12. The lowest BCUT2D eigenvalue weighted by molar-refractivity contribution is -0.142. The van der Waals surface area contributed by atoms with Crippen LogP contribution in [0.5, 0.6) is 5.75 Å². The molecule has 1 aromatic rings. The molecule has 0 aromatic heterocycles. The van der Waals surface area contributed by atoms with Crippen molar-refractivity contribution >= 4 is 17.7 Å². The molecule has 108 valence electrons. The fourth-order valence-corrected chi connectivity index (χ4v) is 2.07. The van der Waals surface area contributed by atoms with Gasteiger partial charge in [0.25, 0.3) is 0 Å². The first kappa shape index (κ1) is 16.2. The third-order valence-corrected chi connectivity index (χ3v) is 2.99. The molecule has 0 unspecified atom stereocenters. The van der Waals surface area contributed by atoms with Crippen LogP contribution < -0.4 is 0 Å². The second-order valence-electron chi connectivity index (χ2n) is 3.63. The van der Waals surface area contributed by atoms with Crippen molar-refractivity contribution in [1.29, 1.82) is 5.26 Å². The van der Waals surface area contributed by atoms with E-state index in [-0.39, 0.29) is 24.2 Å². The first-order valence-electron chi connectivity index (χ1n) is 5.44. The number of nitrogens with zero attached hydrogens (tertiary/aromatic N) is 1. The molecule has 0 aliphatic heterocycles. The monoisotopic (exact) mass is 305 g/mol. The highest BCUT2D eigenvalue weighted by molar-refractivity contribution is 8.00. The number of nitriles is 1. The molecular formula is C12H10F3NO3S. The summed E-state index contributed by atoms with van der Waals surface area (Å²) < 4.78 is 41.6. The van der Waals surface area contributed by atoms with E-state index in [1.807, 2.05) is 0 Å². The summed E-state index contributed by atoms with van der Waals surface area (Å²) in [6.07, 6.45) is -0.229. The van der Waals surface area contributed by atoms with E-state index < -0.39 is 33.9 Å². The van der Waals surface area contributed by atoms with Crippen LogP contribution in [0, 0.1) is 11.3 Å². The lowest BCUT2D eigenvalue weighted by Gasteiger charge is -2.11. The van der Waals surface area contributed by atoms with E-state index in [1.54, 1.807) is 13.0 Å². The molecule has 0 saturated heterocycles. The van der Waals surface area contributed by atoms with Crippen LogP contribution >= 0.6 is 11.8 Å². The minimum Gasteiger partial charge on any atom is -0.507 e. The number of benzene rings is 1. The maximum atomic E-state index is 12.3. The van der Waals surface area contributed by atoms with E-state index in [1.165, 1.54) is 0 Å². The molecule has 1 N–H and O–H groups in total. The summed E-state index contributed by atoms with van der Waals surface area (Å²) >= 11 is -0.572. The zero-order valence-corrected chi connectivity index (χ0v) is 11.1. The summed E-state index contributed by atoms with van der Waals surface area (Å²) in [4.78, 5) is 10.7. The summed E-state index contributed by atoms with van der Waals surface area (Å²) in [7, 11) is 0. The second kappa shape index (κ2) is 6.52. The van der Waals surface area contributed by atoms with E-state index in [0.29, 0.717) is 0 Å². The first-order valence-corrected chi connectivity index (χ1v) is 6.25. The quantitative estimate of drug-likeness (QED) is 0.684. The number of carbonyl (C=O) groups excluding carboxylic acids is 1. The second-order valence-corrected chi connectivity index (χ2v) is 4.71. The Labute approximate surface area is 117 Å². The highest BCUT2D eigenvalue weighted by Crippen LogP contribution is 2.43. The summed E-state index contributed by atoms with van der Waals surface area (Å²) in [6.45, 7) is 1.77. The highest BCUT2D eigenvalue weighted by Gasteiger charge is 2.32. The van der Waals surface area contributed by atoms with Gasteiger partial charge in [0.1, 0.15) is 11.8 Å². The Morgan fingerprint density at radius 1 is 1.50 bits per heavy atom. The lowest BCUT2D eigenvalue weighted by Crippen LogP contribution is -2.08. The number of hydrogen-bond acceptors (Lipinski definition) is 5. The van der Waals surface area contributed by atoms with E-state index >= 15 is 0 Å². The van der Waals surface area contributed by atoms with E-state index in [2.05, 4.69) is 4.74 Å². The smallest absolute Gasteiger partial charge is 0.446 e. The number of halogens is 3. The molecule has 0 atom stereocenters. The molecule has 0 amide bonds. The average Bonchev–Trinajstić information content (AvgIpc) is 2.31. The molecular weight excluding hydrogens is 295 g/mol. The van der Waals surface area contributed by atoms with Gasteiger partial charge in [-0.15, -0.1) is 0 Å². The van der Waals surface area contributed by atoms with Crippen LogP contribution in [0.1, 0.15) is 18.1 Å². The van der Waals surface area contributed by atoms with Gasteiger partial charge in [-0.1, -0.05) is 0 Å². The zero-order chi connectivity index (χ0) is 15.3. The van der Waals surface area contributed by atoms with Crippen molar-refractivity contribution in [2.24, 2.45) is 0 Å². The number of hydrogen-bond donors (Lipinski definition) is 1. The molecule has 0 heterocycles. The zero-order valence-electron chi connectivity index (χ0n) is 10.3. The topological polar surface area (TPSA) is 70.3 Å². The number of carbonyl (C=O) groups is 1. The van der Waals surface area contributed by atoms with Gasteiger partial charge in [0.2, 0.25) is 0 Å². The molecule has 1 rings (SSSR count). The highest BCUT2D eigenvalue weighted by atomic mass is 32.2. The molecule has 0 radical (unpaired) electrons. The Morgan fingerprint density at radius 3 is 2.65 bits per heavy atom. The summed E-state index contributed by atoms with van der Waals surface area (Å²) in [5.41, 5.74) is -4.75. The van der Waals surface area contributed by atoms with Crippen LogP contribution in [0.4, 0.5) is 13.2 Å². The summed E-state index contributed by atoms with van der Waals surface area (Å²) in [5, 5.41) is 18.4. The molecule has 20 heavy (non-hydrogen) atoms. The van der Waals surface area contributed by atoms with E-state index in [9.17, 15) is 23.1 Å². The van der Waals surface area contributed by atoms with Crippen molar-refractivity contribution in [2.45, 2.75) is 23.7 Å². The Morgan fingerprint density at radius 2 is 2.15 bits per heavy atom. The average molecular weight is 305 g/mol. The van der Waals surface area contributed by atoms with Crippen LogP contribution in [0.25, 0.3) is 0 Å². The number of ether oxygens (including phenoxy) is 1. The van der Waals surface area contributed by atoms with Gasteiger partial charge >= 0.3 is 11.5 Å². The number of phenols is 1. The normalized spacial score (nSPS) is 10.9. The molecule has 8 heteroatoms. The van der Waals surface area contributed by atoms with Crippen LogP contribution in [0.15, 0.2) is 17.0 Å². The molecule has 0 bridgehead atoms. The minimum absolute atomic E-state index is 0.165. The number of aromatic hydroxyl groups is 1. The van der Waals surface area contributed by atoms with Crippen molar-refractivity contribution in [3.63, 3.8) is 0 Å². The van der Waals surface area contributed by atoms with Gasteiger partial charge in [-0.3, -0.25) is 4.79 Å². The Bertz CT molecular complexity index is 552. The summed E-state index contributed by atoms with van der Waals surface area (Å²) in [5.74, 6) is -1.28. The standard InChI is InChI=1S/C12H10F3NO3S/c1-2-19-10(18)5-7-3-8(6-16)11(9(17)4-7)20-12(13,14)15/h3-4,17H,2,5H2,1H3. The lowest BCUT2D eigenvalue weighted by atomic mass is 10.1. The molecule has 0 aliphatic carbocycles. The van der Waals surface area contributed by atoms with Crippen molar-refractivity contribution in [3.8, 4) is 11.8 Å². The van der Waals surface area contributed by atoms with E-state index in [4.69, 9.17) is 5.26 Å². The molecule has 4 nitrogen and oxygen atoms in total. The predicted molar refractivity (Wildman–Crippen MR) is 65.1 cm³/mol. The van der Waals surface area contributed by atoms with Gasteiger partial charge < -0.3 is 9.84 Å². The summed E-state index contributed by atoms with van der Waals surface area (Å²) in [6, 6.07) is 3.72. The largest absolute Gasteiger partial charge is 0.507 e. The maximum Gasteiger partial charge on any atom is 0.446 e. The Hall–Kier alpha value is -1.88. The maximum absolute atomic E-state index is 12.3. The number of rotatable bonds is 4. The minimum atomic E-state index is -4.62. The number of thioether (sulfide) groups is 1. The number of esters is 1.